The zero-order chi connectivity index (χ0) is 20.6. The summed E-state index contributed by atoms with van der Waals surface area (Å²) in [5.74, 6) is 0.320. The van der Waals surface area contributed by atoms with Gasteiger partial charge in [0.25, 0.3) is 0 Å². The number of carbonyl (C=O) groups is 2. The summed E-state index contributed by atoms with van der Waals surface area (Å²) in [6, 6.07) is 5.93. The highest BCUT2D eigenvalue weighted by Gasteiger charge is 2.21. The van der Waals surface area contributed by atoms with E-state index >= 15 is 0 Å². The largest absolute Gasteiger partial charge is 0.377 e. The predicted molar refractivity (Wildman–Crippen MR) is 113 cm³/mol. The van der Waals surface area contributed by atoms with Crippen molar-refractivity contribution in [3.63, 3.8) is 0 Å². The normalized spacial score (nSPS) is 11.9. The number of nitrogens with zero attached hydrogens (tertiary/aromatic N) is 2. The molecule has 3 amide bonds. The molecule has 0 aliphatic rings. The van der Waals surface area contributed by atoms with E-state index in [1.165, 1.54) is 0 Å². The van der Waals surface area contributed by atoms with E-state index < -0.39 is 0 Å². The second kappa shape index (κ2) is 10.8. The third-order valence-electron chi connectivity index (χ3n) is 4.49. The van der Waals surface area contributed by atoms with Gasteiger partial charge in [-0.15, -0.1) is 0 Å². The molecule has 6 heteroatoms. The highest BCUT2D eigenvalue weighted by molar-refractivity contribution is 5.91. The average Bonchev–Trinajstić information content (AvgIpc) is 2.58. The minimum Gasteiger partial charge on any atom is -0.377 e. The quantitative estimate of drug-likeness (QED) is 0.683. The van der Waals surface area contributed by atoms with Gasteiger partial charge in [-0.25, -0.2) is 4.79 Å². The Kier molecular flexibility index (Phi) is 9.12. The van der Waals surface area contributed by atoms with E-state index in [1.807, 2.05) is 62.9 Å². The first-order valence-electron chi connectivity index (χ1n) is 9.84. The van der Waals surface area contributed by atoms with Crippen LogP contribution in [0.1, 0.15) is 53.0 Å². The van der Waals surface area contributed by atoms with Gasteiger partial charge in [0.15, 0.2) is 0 Å². The Morgan fingerprint density at radius 3 is 2.30 bits per heavy atom. The number of rotatable bonds is 9. The van der Waals surface area contributed by atoms with Gasteiger partial charge in [-0.3, -0.25) is 4.79 Å². The maximum atomic E-state index is 12.5. The van der Waals surface area contributed by atoms with Crippen LogP contribution in [0.15, 0.2) is 18.2 Å². The average molecular weight is 377 g/mol. The second-order valence-corrected chi connectivity index (χ2v) is 7.60. The number of carbonyl (C=O) groups excluding carboxylic acids is 2. The minimum absolute atomic E-state index is 0.0102. The molecular formula is C21H36N4O2. The van der Waals surface area contributed by atoms with Gasteiger partial charge in [0.1, 0.15) is 0 Å². The zero-order valence-corrected chi connectivity index (χ0v) is 17.9. The Labute approximate surface area is 164 Å². The van der Waals surface area contributed by atoms with Crippen molar-refractivity contribution in [2.75, 3.05) is 30.9 Å². The summed E-state index contributed by atoms with van der Waals surface area (Å²) in [5, 5.41) is 5.88. The number of amides is 3. The topological polar surface area (TPSA) is 64.7 Å². The summed E-state index contributed by atoms with van der Waals surface area (Å²) >= 11 is 0. The lowest BCUT2D eigenvalue weighted by molar-refractivity contribution is -0.116. The number of hydrogen-bond acceptors (Lipinski definition) is 3. The highest BCUT2D eigenvalue weighted by atomic mass is 16.2. The van der Waals surface area contributed by atoms with Gasteiger partial charge in [0.05, 0.1) is 0 Å². The van der Waals surface area contributed by atoms with Crippen molar-refractivity contribution in [2.24, 2.45) is 5.92 Å². The molecule has 0 bridgehead atoms. The van der Waals surface area contributed by atoms with Crippen LogP contribution in [0.5, 0.6) is 0 Å². The number of hydrogen-bond donors (Lipinski definition) is 2. The fourth-order valence-corrected chi connectivity index (χ4v) is 2.89. The van der Waals surface area contributed by atoms with E-state index in [-0.39, 0.29) is 18.0 Å². The molecule has 1 rings (SSSR count). The van der Waals surface area contributed by atoms with Gasteiger partial charge < -0.3 is 20.4 Å². The van der Waals surface area contributed by atoms with E-state index in [0.29, 0.717) is 25.4 Å². The fraction of sp³-hybridized carbons (Fsp3) is 0.619. The van der Waals surface area contributed by atoms with Gasteiger partial charge in [0.2, 0.25) is 5.91 Å². The number of anilines is 2. The molecule has 0 aliphatic carbocycles. The molecule has 0 fully saturated rings. The summed E-state index contributed by atoms with van der Waals surface area (Å²) in [6.07, 6.45) is 1.36. The minimum atomic E-state index is -0.0641. The first-order valence-corrected chi connectivity index (χ1v) is 9.84. The van der Waals surface area contributed by atoms with Crippen LogP contribution in [-0.4, -0.2) is 43.5 Å². The molecule has 1 aromatic carbocycles. The van der Waals surface area contributed by atoms with Gasteiger partial charge in [-0.05, 0) is 49.9 Å². The molecule has 0 aromatic heterocycles. The van der Waals surface area contributed by atoms with Gasteiger partial charge in [0, 0.05) is 51.0 Å². The van der Waals surface area contributed by atoms with Crippen molar-refractivity contribution in [1.82, 2.24) is 10.2 Å². The van der Waals surface area contributed by atoms with Gasteiger partial charge in [-0.1, -0.05) is 20.8 Å². The van der Waals surface area contributed by atoms with Crippen molar-refractivity contribution in [2.45, 2.75) is 60.0 Å². The molecule has 0 spiro atoms. The Morgan fingerprint density at radius 1 is 1.11 bits per heavy atom. The lowest BCUT2D eigenvalue weighted by Gasteiger charge is -2.30. The maximum absolute atomic E-state index is 12.5. The lowest BCUT2D eigenvalue weighted by Crippen LogP contribution is -2.44. The van der Waals surface area contributed by atoms with E-state index in [0.717, 1.165) is 23.4 Å². The first kappa shape index (κ1) is 22.8. The number of benzene rings is 1. The SMILES string of the molecule is CCNC(=O)N(Cc1cc(NC(=O)CC(C)C)ccc1N(C)C)C(C)CC. The van der Waals surface area contributed by atoms with Crippen LogP contribution >= 0.6 is 0 Å². The first-order chi connectivity index (χ1) is 12.7. The monoisotopic (exact) mass is 376 g/mol. The Bertz CT molecular complexity index is 629. The highest BCUT2D eigenvalue weighted by Crippen LogP contribution is 2.26. The van der Waals surface area contributed by atoms with E-state index in [4.69, 9.17) is 0 Å². The summed E-state index contributed by atoms with van der Waals surface area (Å²) in [7, 11) is 3.96. The molecule has 6 nitrogen and oxygen atoms in total. The molecule has 152 valence electrons. The van der Waals surface area contributed by atoms with Crippen LogP contribution in [0.25, 0.3) is 0 Å². The van der Waals surface area contributed by atoms with E-state index in [9.17, 15) is 9.59 Å². The molecule has 1 aromatic rings. The van der Waals surface area contributed by atoms with Crippen molar-refractivity contribution in [1.29, 1.82) is 0 Å². The summed E-state index contributed by atoms with van der Waals surface area (Å²) in [4.78, 5) is 28.6. The van der Waals surface area contributed by atoms with Crippen LogP contribution in [0, 0.1) is 5.92 Å². The predicted octanol–water partition coefficient (Wildman–Crippen LogP) is 4.07. The Hall–Kier alpha value is -2.24. The maximum Gasteiger partial charge on any atom is 0.317 e. The third kappa shape index (κ3) is 7.12. The molecule has 0 heterocycles. The molecule has 0 radical (unpaired) electrons. The second-order valence-electron chi connectivity index (χ2n) is 7.60. The van der Waals surface area contributed by atoms with E-state index in [1.54, 1.807) is 0 Å². The number of urea groups is 1. The molecule has 0 saturated heterocycles. The Morgan fingerprint density at radius 2 is 1.78 bits per heavy atom. The Balaban J connectivity index is 3.14. The van der Waals surface area contributed by atoms with Gasteiger partial charge >= 0.3 is 6.03 Å². The zero-order valence-electron chi connectivity index (χ0n) is 17.9. The van der Waals surface area contributed by atoms with E-state index in [2.05, 4.69) is 24.5 Å². The summed E-state index contributed by atoms with van der Waals surface area (Å²) in [6.45, 7) is 11.2. The van der Waals surface area contributed by atoms with Crippen molar-refractivity contribution in [3.05, 3.63) is 23.8 Å². The lowest BCUT2D eigenvalue weighted by atomic mass is 10.1. The third-order valence-corrected chi connectivity index (χ3v) is 4.49. The van der Waals surface area contributed by atoms with Crippen LogP contribution in [0.4, 0.5) is 16.2 Å². The van der Waals surface area contributed by atoms with Crippen molar-refractivity contribution < 1.29 is 9.59 Å². The molecule has 1 unspecified atom stereocenters. The van der Waals surface area contributed by atoms with Crippen molar-refractivity contribution in [3.8, 4) is 0 Å². The van der Waals surface area contributed by atoms with Crippen LogP contribution < -0.4 is 15.5 Å². The molecule has 27 heavy (non-hydrogen) atoms. The van der Waals surface area contributed by atoms with Gasteiger partial charge in [-0.2, -0.15) is 0 Å². The van der Waals surface area contributed by atoms with Crippen LogP contribution in [0.2, 0.25) is 0 Å². The van der Waals surface area contributed by atoms with Crippen molar-refractivity contribution >= 4 is 23.3 Å². The number of nitrogens with one attached hydrogen (secondary N) is 2. The fourth-order valence-electron chi connectivity index (χ4n) is 2.89. The molecule has 1 atom stereocenters. The standard InChI is InChI=1S/C21H36N4O2/c1-8-16(5)25(21(27)22-9-2)14-17-13-18(10-11-19(17)24(6)7)23-20(26)12-15(3)4/h10-11,13,15-16H,8-9,12,14H2,1-7H3,(H,22,27)(H,23,26). The molecular weight excluding hydrogens is 340 g/mol. The molecule has 0 aliphatic heterocycles. The summed E-state index contributed by atoms with van der Waals surface area (Å²) in [5.41, 5.74) is 2.81. The summed E-state index contributed by atoms with van der Waals surface area (Å²) < 4.78 is 0. The van der Waals surface area contributed by atoms with Crippen LogP contribution in [-0.2, 0) is 11.3 Å². The molecule has 0 saturated carbocycles. The smallest absolute Gasteiger partial charge is 0.317 e. The molecule has 2 N–H and O–H groups in total. The van der Waals surface area contributed by atoms with Crippen LogP contribution in [0.3, 0.4) is 0 Å².